The second kappa shape index (κ2) is 6.09. The van der Waals surface area contributed by atoms with Crippen LogP contribution in [0.25, 0.3) is 0 Å². The zero-order chi connectivity index (χ0) is 10.4. The highest BCUT2D eigenvalue weighted by Gasteiger charge is 2.26. The largest absolute Gasteiger partial charge is 0.373 e. The summed E-state index contributed by atoms with van der Waals surface area (Å²) in [6.45, 7) is 8.68. The first kappa shape index (κ1) is 12.5. The molecule has 1 saturated heterocycles. The van der Waals surface area contributed by atoms with Crippen molar-refractivity contribution in [3.05, 3.63) is 0 Å². The molecule has 0 saturated carbocycles. The summed E-state index contributed by atoms with van der Waals surface area (Å²) in [4.78, 5) is 2.53. The van der Waals surface area contributed by atoms with Gasteiger partial charge >= 0.3 is 0 Å². The lowest BCUT2D eigenvalue weighted by atomic mass is 10.1. The van der Waals surface area contributed by atoms with Crippen molar-refractivity contribution in [2.75, 3.05) is 31.6 Å². The first-order valence-corrected chi connectivity index (χ1v) is 6.68. The lowest BCUT2D eigenvalue weighted by molar-refractivity contribution is -0.0860. The van der Waals surface area contributed by atoms with E-state index in [0.717, 1.165) is 25.0 Å². The van der Waals surface area contributed by atoms with E-state index in [1.54, 1.807) is 0 Å². The number of unbranched alkanes of at least 4 members (excludes halogenated alkanes) is 2. The number of hydrogen-bond acceptors (Lipinski definition) is 2. The monoisotopic (exact) mass is 263 g/mol. The Morgan fingerprint density at radius 1 is 1.29 bits per heavy atom. The maximum Gasteiger partial charge on any atom is 0.0753 e. The van der Waals surface area contributed by atoms with Gasteiger partial charge in [-0.2, -0.15) is 0 Å². The van der Waals surface area contributed by atoms with Gasteiger partial charge in [-0.05, 0) is 33.2 Å². The van der Waals surface area contributed by atoms with E-state index < -0.39 is 0 Å². The summed E-state index contributed by atoms with van der Waals surface area (Å²) in [5, 5.41) is 1.14. The number of halogens is 1. The summed E-state index contributed by atoms with van der Waals surface area (Å²) in [7, 11) is 0. The van der Waals surface area contributed by atoms with E-state index in [2.05, 4.69) is 34.7 Å². The molecular weight excluding hydrogens is 242 g/mol. The summed E-state index contributed by atoms with van der Waals surface area (Å²) < 4.78 is 5.67. The van der Waals surface area contributed by atoms with Gasteiger partial charge < -0.3 is 4.74 Å². The van der Waals surface area contributed by atoms with Crippen molar-refractivity contribution >= 4 is 15.9 Å². The third kappa shape index (κ3) is 4.76. The molecule has 84 valence electrons. The van der Waals surface area contributed by atoms with Crippen molar-refractivity contribution in [1.29, 1.82) is 0 Å². The van der Waals surface area contributed by atoms with Crippen LogP contribution in [0.15, 0.2) is 0 Å². The molecule has 0 aromatic carbocycles. The molecule has 0 spiro atoms. The van der Waals surface area contributed by atoms with Crippen molar-refractivity contribution in [2.24, 2.45) is 0 Å². The van der Waals surface area contributed by atoms with Crippen LogP contribution in [0.3, 0.4) is 0 Å². The van der Waals surface area contributed by atoms with Crippen LogP contribution < -0.4 is 0 Å². The van der Waals surface area contributed by atoms with Crippen molar-refractivity contribution in [2.45, 2.75) is 38.7 Å². The fraction of sp³-hybridized carbons (Fsp3) is 1.00. The molecule has 0 aliphatic carbocycles. The molecule has 1 aliphatic rings. The van der Waals surface area contributed by atoms with Crippen LogP contribution in [0, 0.1) is 0 Å². The molecule has 1 heterocycles. The third-order valence-electron chi connectivity index (χ3n) is 2.61. The van der Waals surface area contributed by atoms with Gasteiger partial charge in [0, 0.05) is 18.4 Å². The Bertz CT molecular complexity index is 161. The highest BCUT2D eigenvalue weighted by molar-refractivity contribution is 9.09. The highest BCUT2D eigenvalue weighted by atomic mass is 79.9. The number of nitrogens with zero attached hydrogens (tertiary/aromatic N) is 1. The summed E-state index contributed by atoms with van der Waals surface area (Å²) in [6.07, 6.45) is 3.96. The van der Waals surface area contributed by atoms with Gasteiger partial charge in [0.25, 0.3) is 0 Å². The van der Waals surface area contributed by atoms with Crippen molar-refractivity contribution < 1.29 is 4.74 Å². The van der Waals surface area contributed by atoms with E-state index in [4.69, 9.17) is 4.74 Å². The van der Waals surface area contributed by atoms with Gasteiger partial charge in [0.2, 0.25) is 0 Å². The number of rotatable bonds is 5. The van der Waals surface area contributed by atoms with Gasteiger partial charge in [-0.25, -0.2) is 0 Å². The van der Waals surface area contributed by atoms with E-state index in [1.165, 1.54) is 25.8 Å². The van der Waals surface area contributed by atoms with E-state index in [0.29, 0.717) is 0 Å². The normalized spacial score (nSPS) is 22.5. The molecule has 0 aromatic rings. The SMILES string of the molecule is CC1(C)CN(CCCCCBr)CCO1. The molecule has 1 aliphatic heterocycles. The zero-order valence-corrected chi connectivity index (χ0v) is 11.0. The van der Waals surface area contributed by atoms with Crippen LogP contribution in [-0.2, 0) is 4.74 Å². The lowest BCUT2D eigenvalue weighted by Gasteiger charge is -2.38. The Hall–Kier alpha value is 0.400. The van der Waals surface area contributed by atoms with Gasteiger partial charge in [-0.3, -0.25) is 4.90 Å². The minimum Gasteiger partial charge on any atom is -0.373 e. The predicted molar refractivity (Wildman–Crippen MR) is 64.1 cm³/mol. The molecule has 1 rings (SSSR count). The summed E-state index contributed by atoms with van der Waals surface area (Å²) in [5.74, 6) is 0. The molecule has 14 heavy (non-hydrogen) atoms. The van der Waals surface area contributed by atoms with Crippen LogP contribution in [0.4, 0.5) is 0 Å². The van der Waals surface area contributed by atoms with E-state index >= 15 is 0 Å². The molecule has 2 nitrogen and oxygen atoms in total. The minimum absolute atomic E-state index is 0.0632. The van der Waals surface area contributed by atoms with Gasteiger partial charge in [0.05, 0.1) is 12.2 Å². The molecule has 0 radical (unpaired) electrons. The van der Waals surface area contributed by atoms with Crippen LogP contribution in [-0.4, -0.2) is 42.1 Å². The minimum atomic E-state index is 0.0632. The summed E-state index contributed by atoms with van der Waals surface area (Å²) in [5.41, 5.74) is 0.0632. The average Bonchev–Trinajstić information content (AvgIpc) is 2.11. The molecule has 0 bridgehead atoms. The molecular formula is C11H22BrNO. The second-order valence-electron chi connectivity index (χ2n) is 4.63. The average molecular weight is 264 g/mol. The third-order valence-corrected chi connectivity index (χ3v) is 3.17. The molecule has 0 aromatic heterocycles. The Morgan fingerprint density at radius 3 is 2.71 bits per heavy atom. The van der Waals surface area contributed by atoms with Gasteiger partial charge in [-0.1, -0.05) is 22.4 Å². The number of morpholine rings is 1. The standard InChI is InChI=1S/C11H22BrNO/c1-11(2)10-13(8-9-14-11)7-5-3-4-6-12/h3-10H2,1-2H3. The fourth-order valence-corrected chi connectivity index (χ4v) is 2.31. The molecule has 0 atom stereocenters. The van der Waals surface area contributed by atoms with Gasteiger partial charge in [-0.15, -0.1) is 0 Å². The van der Waals surface area contributed by atoms with E-state index in [1.807, 2.05) is 0 Å². The molecule has 0 unspecified atom stereocenters. The second-order valence-corrected chi connectivity index (χ2v) is 5.43. The summed E-state index contributed by atoms with van der Waals surface area (Å²) in [6, 6.07) is 0. The molecule has 0 N–H and O–H groups in total. The molecule has 3 heteroatoms. The molecule has 1 fully saturated rings. The van der Waals surface area contributed by atoms with Crippen molar-refractivity contribution in [3.8, 4) is 0 Å². The zero-order valence-electron chi connectivity index (χ0n) is 9.39. The predicted octanol–water partition coefficient (Wildman–Crippen LogP) is 2.66. The van der Waals surface area contributed by atoms with Gasteiger partial charge in [0.1, 0.15) is 0 Å². The van der Waals surface area contributed by atoms with Crippen LogP contribution in [0.2, 0.25) is 0 Å². The Balaban J connectivity index is 2.12. The fourth-order valence-electron chi connectivity index (χ4n) is 1.91. The van der Waals surface area contributed by atoms with Crippen molar-refractivity contribution in [3.63, 3.8) is 0 Å². The first-order chi connectivity index (χ1) is 6.64. The van der Waals surface area contributed by atoms with Crippen LogP contribution in [0.5, 0.6) is 0 Å². The quantitative estimate of drug-likeness (QED) is 0.559. The van der Waals surface area contributed by atoms with Gasteiger partial charge in [0.15, 0.2) is 0 Å². The maximum atomic E-state index is 5.67. The highest BCUT2D eigenvalue weighted by Crippen LogP contribution is 2.16. The number of alkyl halides is 1. The topological polar surface area (TPSA) is 12.5 Å². The van der Waals surface area contributed by atoms with Crippen LogP contribution >= 0.6 is 15.9 Å². The maximum absolute atomic E-state index is 5.67. The molecule has 0 amide bonds. The first-order valence-electron chi connectivity index (χ1n) is 5.56. The number of ether oxygens (including phenoxy) is 1. The van der Waals surface area contributed by atoms with Crippen molar-refractivity contribution in [1.82, 2.24) is 4.90 Å². The smallest absolute Gasteiger partial charge is 0.0753 e. The lowest BCUT2D eigenvalue weighted by Crippen LogP contribution is -2.48. The number of hydrogen-bond donors (Lipinski definition) is 0. The van der Waals surface area contributed by atoms with E-state index in [-0.39, 0.29) is 5.60 Å². The van der Waals surface area contributed by atoms with E-state index in [9.17, 15) is 0 Å². The summed E-state index contributed by atoms with van der Waals surface area (Å²) >= 11 is 3.46. The Kier molecular flexibility index (Phi) is 5.42. The Labute approximate surface area is 96.1 Å². The Morgan fingerprint density at radius 2 is 2.07 bits per heavy atom. The van der Waals surface area contributed by atoms with Crippen LogP contribution in [0.1, 0.15) is 33.1 Å².